The van der Waals surface area contributed by atoms with Crippen molar-refractivity contribution in [2.45, 2.75) is 31.5 Å². The molecule has 0 aliphatic carbocycles. The van der Waals surface area contributed by atoms with Gasteiger partial charge in [0, 0.05) is 48.5 Å². The first-order chi connectivity index (χ1) is 17.5. The number of hydrogen-bond acceptors (Lipinski definition) is 6. The number of piperazine rings is 1. The Morgan fingerprint density at radius 3 is 2.81 bits per heavy atom. The molecule has 4 heterocycles. The molecule has 2 aromatic carbocycles. The Bertz CT molecular complexity index is 1430. The summed E-state index contributed by atoms with van der Waals surface area (Å²) < 4.78 is 1.95. The third-order valence-electron chi connectivity index (χ3n) is 7.15. The van der Waals surface area contributed by atoms with Gasteiger partial charge < -0.3 is 29.8 Å². The number of anilines is 1. The van der Waals surface area contributed by atoms with Gasteiger partial charge in [0.1, 0.15) is 6.04 Å². The molecule has 2 unspecified atom stereocenters. The molecule has 184 valence electrons. The summed E-state index contributed by atoms with van der Waals surface area (Å²) in [5.41, 5.74) is 3.45. The number of aromatic nitrogens is 3. The fourth-order valence-electron chi connectivity index (χ4n) is 5.54. The number of rotatable bonds is 6. The number of aryl methyl sites for hydroxylation is 1. The average molecular weight is 486 g/mol. The first-order valence-corrected chi connectivity index (χ1v) is 11.9. The van der Waals surface area contributed by atoms with Crippen LogP contribution in [0.2, 0.25) is 0 Å². The number of amides is 2. The highest BCUT2D eigenvalue weighted by atomic mass is 16.8. The highest BCUT2D eigenvalue weighted by Crippen LogP contribution is 2.43. The molecule has 2 aromatic heterocycles. The highest BCUT2D eigenvalue weighted by Gasteiger charge is 2.48. The van der Waals surface area contributed by atoms with E-state index in [-0.39, 0.29) is 29.3 Å². The second-order valence-corrected chi connectivity index (χ2v) is 9.27. The van der Waals surface area contributed by atoms with E-state index >= 15 is 0 Å². The summed E-state index contributed by atoms with van der Waals surface area (Å²) in [6, 6.07) is 13.2. The zero-order chi connectivity index (χ0) is 24.8. The minimum absolute atomic E-state index is 0.00129. The summed E-state index contributed by atoms with van der Waals surface area (Å²) in [4.78, 5) is 38.1. The van der Waals surface area contributed by atoms with Gasteiger partial charge in [-0.15, -0.1) is 0 Å². The second kappa shape index (κ2) is 8.81. The van der Waals surface area contributed by atoms with Gasteiger partial charge in [0.25, 0.3) is 0 Å². The van der Waals surface area contributed by atoms with Crippen LogP contribution in [-0.4, -0.2) is 60.5 Å². The van der Waals surface area contributed by atoms with E-state index in [1.54, 1.807) is 34.5 Å². The molecule has 2 N–H and O–H groups in total. The van der Waals surface area contributed by atoms with Gasteiger partial charge >= 0.3 is 0 Å². The number of imidazole rings is 1. The fourth-order valence-corrected chi connectivity index (χ4v) is 5.54. The molecule has 0 saturated carbocycles. The van der Waals surface area contributed by atoms with Gasteiger partial charge in [0.2, 0.25) is 11.8 Å². The van der Waals surface area contributed by atoms with Crippen LogP contribution in [0.25, 0.3) is 10.9 Å². The summed E-state index contributed by atoms with van der Waals surface area (Å²) in [5, 5.41) is 21.9. The molecule has 1 fully saturated rings. The monoisotopic (exact) mass is 485 g/mol. The lowest BCUT2D eigenvalue weighted by atomic mass is 9.86. The first-order valence-electron chi connectivity index (χ1n) is 11.9. The maximum Gasteiger partial charge on any atom is 0.246 e. The number of fused-ring (bicyclic) bond motifs is 4. The predicted octanol–water partition coefficient (Wildman–Crippen LogP) is 2.83. The number of H-pyrrole nitrogens is 1. The van der Waals surface area contributed by atoms with Crippen molar-refractivity contribution in [3.8, 4) is 0 Å². The summed E-state index contributed by atoms with van der Waals surface area (Å²) in [6.45, 7) is 1.18. The van der Waals surface area contributed by atoms with Crippen LogP contribution in [-0.2, 0) is 22.6 Å². The van der Waals surface area contributed by atoms with E-state index in [1.165, 1.54) is 6.07 Å². The van der Waals surface area contributed by atoms with Crippen molar-refractivity contribution >= 4 is 28.4 Å². The van der Waals surface area contributed by atoms with Gasteiger partial charge in [-0.2, -0.15) is 0 Å². The molecule has 2 atom stereocenters. The number of nitrogens with one attached hydrogen (secondary N) is 1. The third-order valence-corrected chi connectivity index (χ3v) is 7.15. The minimum Gasteiger partial charge on any atom is -0.733 e. The Kier molecular flexibility index (Phi) is 5.46. The fraction of sp³-hybridized carbons (Fsp3) is 0.269. The number of carbonyl (C=O) groups is 2. The van der Waals surface area contributed by atoms with Gasteiger partial charge in [-0.1, -0.05) is 30.3 Å². The molecule has 2 aliphatic rings. The topological polar surface area (TPSA) is 121 Å². The molecular formula is C26H25N6O4-. The molecule has 6 rings (SSSR count). The molecule has 10 heteroatoms. The number of carbonyl (C=O) groups excluding carboxylic acids is 2. The Hall–Kier alpha value is -4.15. The quantitative estimate of drug-likeness (QED) is 0.405. The van der Waals surface area contributed by atoms with Crippen molar-refractivity contribution in [3.05, 3.63) is 89.3 Å². The predicted molar refractivity (Wildman–Crippen MR) is 132 cm³/mol. The van der Waals surface area contributed by atoms with Crippen molar-refractivity contribution in [2.24, 2.45) is 0 Å². The van der Waals surface area contributed by atoms with Gasteiger partial charge in [-0.3, -0.25) is 14.8 Å². The number of benzene rings is 2. The minimum atomic E-state index is -0.655. The van der Waals surface area contributed by atoms with E-state index in [4.69, 9.17) is 0 Å². The third kappa shape index (κ3) is 3.71. The molecule has 10 nitrogen and oxygen atoms in total. The number of para-hydroxylation sites is 1. The summed E-state index contributed by atoms with van der Waals surface area (Å²) in [5.74, 6) is -0.227. The SMILES string of the molecule is O=C1C2Cc3c([nH]c4ccccc34)C(c3cccc(N([O-])O)c3)N2C(=O)CN1CCCn1ccnc1. The van der Waals surface area contributed by atoms with E-state index in [2.05, 4.69) is 9.97 Å². The molecule has 2 aliphatic heterocycles. The van der Waals surface area contributed by atoms with Crippen LogP contribution in [0.5, 0.6) is 0 Å². The van der Waals surface area contributed by atoms with Crippen LogP contribution in [0.15, 0.2) is 67.3 Å². The van der Waals surface area contributed by atoms with Crippen molar-refractivity contribution in [2.75, 3.05) is 18.3 Å². The van der Waals surface area contributed by atoms with Crippen LogP contribution in [0.1, 0.15) is 29.3 Å². The van der Waals surface area contributed by atoms with Gasteiger partial charge in [-0.05, 0) is 35.7 Å². The maximum absolute atomic E-state index is 13.7. The van der Waals surface area contributed by atoms with E-state index in [9.17, 15) is 20.0 Å². The summed E-state index contributed by atoms with van der Waals surface area (Å²) >= 11 is 0. The summed E-state index contributed by atoms with van der Waals surface area (Å²) in [6.07, 6.45) is 6.44. The maximum atomic E-state index is 13.7. The zero-order valence-electron chi connectivity index (χ0n) is 19.4. The lowest BCUT2D eigenvalue weighted by Crippen LogP contribution is -2.63. The molecule has 1 saturated heterocycles. The number of hydrogen-bond donors (Lipinski definition) is 2. The van der Waals surface area contributed by atoms with Crippen LogP contribution in [0.3, 0.4) is 0 Å². The normalized spacial score (nSPS) is 19.5. The first kappa shape index (κ1) is 22.3. The molecule has 0 bridgehead atoms. The van der Waals surface area contributed by atoms with E-state index < -0.39 is 12.1 Å². The van der Waals surface area contributed by atoms with Crippen molar-refractivity contribution in [3.63, 3.8) is 0 Å². The number of nitrogens with zero attached hydrogens (tertiary/aromatic N) is 5. The van der Waals surface area contributed by atoms with Crippen molar-refractivity contribution in [1.29, 1.82) is 0 Å². The highest BCUT2D eigenvalue weighted by molar-refractivity contribution is 5.97. The average Bonchev–Trinajstić information content (AvgIpc) is 3.53. The largest absolute Gasteiger partial charge is 0.733 e. The molecule has 4 aromatic rings. The van der Waals surface area contributed by atoms with Crippen LogP contribution in [0.4, 0.5) is 5.69 Å². The van der Waals surface area contributed by atoms with Gasteiger partial charge in [0.05, 0.1) is 24.6 Å². The number of aromatic amines is 1. The molecule has 2 amide bonds. The molecule has 0 spiro atoms. The van der Waals surface area contributed by atoms with E-state index in [0.29, 0.717) is 31.5 Å². The Labute approximate surface area is 206 Å². The second-order valence-electron chi connectivity index (χ2n) is 9.27. The Balaban J connectivity index is 1.38. The van der Waals surface area contributed by atoms with E-state index in [1.807, 2.05) is 41.1 Å². The van der Waals surface area contributed by atoms with Crippen molar-refractivity contribution in [1.82, 2.24) is 24.3 Å². The lowest BCUT2D eigenvalue weighted by Gasteiger charge is -2.47. The van der Waals surface area contributed by atoms with Crippen molar-refractivity contribution < 1.29 is 14.8 Å². The summed E-state index contributed by atoms with van der Waals surface area (Å²) in [7, 11) is 0. The Morgan fingerprint density at radius 2 is 2.00 bits per heavy atom. The zero-order valence-corrected chi connectivity index (χ0v) is 19.4. The van der Waals surface area contributed by atoms with Gasteiger partial charge in [0.15, 0.2) is 0 Å². The van der Waals surface area contributed by atoms with Crippen LogP contribution in [0, 0.1) is 5.21 Å². The van der Waals surface area contributed by atoms with Gasteiger partial charge in [-0.25, -0.2) is 4.98 Å². The van der Waals surface area contributed by atoms with E-state index in [0.717, 1.165) is 22.2 Å². The lowest BCUT2D eigenvalue weighted by molar-refractivity contribution is -0.158. The molecule has 36 heavy (non-hydrogen) atoms. The molecular weight excluding hydrogens is 460 g/mol. The van der Waals surface area contributed by atoms with Crippen LogP contribution < -0.4 is 5.23 Å². The van der Waals surface area contributed by atoms with Crippen LogP contribution >= 0.6 is 0 Å². The molecule has 0 radical (unpaired) electrons. The standard InChI is InChI=1S/C26H25N6O4/c33-23-15-30(11-4-10-29-12-9-27-16-29)26(34)22-14-20-19-7-1-2-8-21(19)28-24(20)25(31(22)23)17-5-3-6-18(13-17)32(35)36/h1-3,5-9,12-13,16,22,25,28,35H,4,10-11,14-15H2/q-1. The smallest absolute Gasteiger partial charge is 0.246 e. The Morgan fingerprint density at radius 1 is 1.14 bits per heavy atom.